The molecule has 1 aromatic rings. The molecule has 104 valence electrons. The number of ether oxygens (including phenoxy) is 1. The Hall–Kier alpha value is -1.29. The number of Topliss-reactive ketones (excluding diaryl/α,β-unsaturated/α-hetero) is 1. The van der Waals surface area contributed by atoms with Crippen molar-refractivity contribution in [3.8, 4) is 0 Å². The van der Waals surface area contributed by atoms with Gasteiger partial charge >= 0.3 is 0 Å². The average molecular weight is 268 g/mol. The number of ketones is 1. The van der Waals surface area contributed by atoms with Crippen LogP contribution >= 0.6 is 0 Å². The maximum absolute atomic E-state index is 13.6. The predicted molar refractivity (Wildman–Crippen MR) is 67.7 cm³/mol. The zero-order valence-electron chi connectivity index (χ0n) is 11.3. The lowest BCUT2D eigenvalue weighted by Crippen LogP contribution is -2.28. The van der Waals surface area contributed by atoms with Crippen LogP contribution in [0.2, 0.25) is 0 Å². The molecule has 0 amide bonds. The van der Waals surface area contributed by atoms with Crippen molar-refractivity contribution in [1.29, 1.82) is 0 Å². The molecule has 1 saturated heterocycles. The van der Waals surface area contributed by atoms with Crippen LogP contribution in [0.15, 0.2) is 18.2 Å². The van der Waals surface area contributed by atoms with Gasteiger partial charge in [0.1, 0.15) is 5.78 Å². The van der Waals surface area contributed by atoms with Crippen molar-refractivity contribution >= 4 is 5.78 Å². The molecule has 4 atom stereocenters. The van der Waals surface area contributed by atoms with E-state index in [-0.39, 0.29) is 41.8 Å². The quantitative estimate of drug-likeness (QED) is 0.842. The molecule has 0 saturated carbocycles. The van der Waals surface area contributed by atoms with E-state index in [1.165, 1.54) is 12.1 Å². The van der Waals surface area contributed by atoms with Gasteiger partial charge in [-0.1, -0.05) is 19.1 Å². The topological polar surface area (TPSA) is 26.3 Å². The molecule has 4 unspecified atom stereocenters. The predicted octanol–water partition coefficient (Wildman–Crippen LogP) is 3.14. The summed E-state index contributed by atoms with van der Waals surface area (Å²) in [5, 5.41) is 0. The number of hydrogen-bond acceptors (Lipinski definition) is 2. The van der Waals surface area contributed by atoms with Gasteiger partial charge in [0.25, 0.3) is 0 Å². The van der Waals surface area contributed by atoms with Gasteiger partial charge in [0.05, 0.1) is 12.2 Å². The summed E-state index contributed by atoms with van der Waals surface area (Å²) in [7, 11) is 0. The summed E-state index contributed by atoms with van der Waals surface area (Å²) >= 11 is 0. The third kappa shape index (κ3) is 2.68. The molecule has 0 radical (unpaired) electrons. The molecule has 2 nitrogen and oxygen atoms in total. The van der Waals surface area contributed by atoms with Gasteiger partial charge in [-0.15, -0.1) is 0 Å². The molecular formula is C15H18F2O2. The van der Waals surface area contributed by atoms with Crippen molar-refractivity contribution < 1.29 is 18.3 Å². The Morgan fingerprint density at radius 3 is 2.47 bits per heavy atom. The third-order valence-corrected chi connectivity index (χ3v) is 4.01. The first-order chi connectivity index (χ1) is 8.91. The zero-order chi connectivity index (χ0) is 14.2. The van der Waals surface area contributed by atoms with E-state index in [2.05, 4.69) is 0 Å². The first kappa shape index (κ1) is 14.1. The van der Waals surface area contributed by atoms with Crippen LogP contribution < -0.4 is 0 Å². The standard InChI is InChI=1S/C15H18F2O2/c1-8-9(2)19-10(3)14(8)13(18)7-11-5-4-6-12(16)15(11)17/h4-6,8-10,14H,7H2,1-3H3. The van der Waals surface area contributed by atoms with Gasteiger partial charge in [0.2, 0.25) is 0 Å². The van der Waals surface area contributed by atoms with E-state index in [9.17, 15) is 13.6 Å². The van der Waals surface area contributed by atoms with Crippen molar-refractivity contribution in [2.45, 2.75) is 39.4 Å². The van der Waals surface area contributed by atoms with Gasteiger partial charge < -0.3 is 4.74 Å². The second-order valence-electron chi connectivity index (χ2n) is 5.29. The second-order valence-corrected chi connectivity index (χ2v) is 5.29. The van der Waals surface area contributed by atoms with Gasteiger partial charge in [0, 0.05) is 12.3 Å². The molecule has 0 aliphatic carbocycles. The van der Waals surface area contributed by atoms with E-state index >= 15 is 0 Å². The molecule has 0 aromatic heterocycles. The molecule has 1 fully saturated rings. The normalized spacial score (nSPS) is 30.6. The van der Waals surface area contributed by atoms with Crippen molar-refractivity contribution in [1.82, 2.24) is 0 Å². The summed E-state index contributed by atoms with van der Waals surface area (Å²) < 4.78 is 32.3. The molecule has 19 heavy (non-hydrogen) atoms. The van der Waals surface area contributed by atoms with E-state index in [1.54, 1.807) is 0 Å². The second kappa shape index (κ2) is 5.37. The number of carbonyl (C=O) groups excluding carboxylic acids is 1. The summed E-state index contributed by atoms with van der Waals surface area (Å²) in [5.74, 6) is -2.09. The van der Waals surface area contributed by atoms with E-state index in [0.29, 0.717) is 0 Å². The molecule has 0 spiro atoms. The molecule has 1 aliphatic heterocycles. The Bertz CT molecular complexity index is 487. The Labute approximate surface area is 111 Å². The van der Waals surface area contributed by atoms with Crippen molar-refractivity contribution in [2.75, 3.05) is 0 Å². The largest absolute Gasteiger partial charge is 0.375 e. The lowest BCUT2D eigenvalue weighted by atomic mass is 9.84. The number of rotatable bonds is 3. The molecule has 0 bridgehead atoms. The van der Waals surface area contributed by atoms with Crippen LogP contribution in [-0.2, 0) is 16.0 Å². The summed E-state index contributed by atoms with van der Waals surface area (Å²) in [6.45, 7) is 5.74. The minimum atomic E-state index is -0.928. The molecular weight excluding hydrogens is 250 g/mol. The van der Waals surface area contributed by atoms with Crippen LogP contribution in [0.3, 0.4) is 0 Å². The molecule has 1 aliphatic rings. The van der Waals surface area contributed by atoms with Crippen molar-refractivity contribution in [2.24, 2.45) is 11.8 Å². The van der Waals surface area contributed by atoms with E-state index in [1.807, 2.05) is 20.8 Å². The summed E-state index contributed by atoms with van der Waals surface area (Å²) in [4.78, 5) is 12.3. The third-order valence-electron chi connectivity index (χ3n) is 4.01. The SMILES string of the molecule is CC1OC(C)C(C(=O)Cc2cccc(F)c2F)C1C. The number of halogens is 2. The van der Waals surface area contributed by atoms with Crippen LogP contribution in [0.25, 0.3) is 0 Å². The summed E-state index contributed by atoms with van der Waals surface area (Å²) in [5.41, 5.74) is 0.115. The van der Waals surface area contributed by atoms with E-state index in [4.69, 9.17) is 4.74 Å². The molecule has 4 heteroatoms. The van der Waals surface area contributed by atoms with Crippen LogP contribution in [0.5, 0.6) is 0 Å². The zero-order valence-corrected chi connectivity index (χ0v) is 11.3. The smallest absolute Gasteiger partial charge is 0.162 e. The first-order valence-corrected chi connectivity index (χ1v) is 6.53. The Balaban J connectivity index is 2.15. The van der Waals surface area contributed by atoms with Crippen LogP contribution in [0, 0.1) is 23.5 Å². The Morgan fingerprint density at radius 2 is 1.89 bits per heavy atom. The van der Waals surface area contributed by atoms with Gasteiger partial charge in [0.15, 0.2) is 11.6 Å². The van der Waals surface area contributed by atoms with Crippen LogP contribution in [-0.4, -0.2) is 18.0 Å². The fourth-order valence-electron chi connectivity index (χ4n) is 2.81. The summed E-state index contributed by atoms with van der Waals surface area (Å²) in [6, 6.07) is 3.92. The van der Waals surface area contributed by atoms with Gasteiger partial charge in [-0.3, -0.25) is 4.79 Å². The maximum atomic E-state index is 13.6. The highest BCUT2D eigenvalue weighted by Gasteiger charge is 2.41. The minimum absolute atomic E-state index is 0.0151. The Kier molecular flexibility index (Phi) is 3.99. The average Bonchev–Trinajstić information content (AvgIpc) is 2.59. The van der Waals surface area contributed by atoms with E-state index in [0.717, 1.165) is 6.07 Å². The number of benzene rings is 1. The minimum Gasteiger partial charge on any atom is -0.375 e. The van der Waals surface area contributed by atoms with Crippen molar-refractivity contribution in [3.63, 3.8) is 0 Å². The molecule has 2 rings (SSSR count). The lowest BCUT2D eigenvalue weighted by Gasteiger charge is -2.17. The highest BCUT2D eigenvalue weighted by atomic mass is 19.2. The molecule has 1 aromatic carbocycles. The monoisotopic (exact) mass is 268 g/mol. The maximum Gasteiger partial charge on any atom is 0.162 e. The van der Waals surface area contributed by atoms with Crippen molar-refractivity contribution in [3.05, 3.63) is 35.4 Å². The summed E-state index contributed by atoms with van der Waals surface area (Å²) in [6.07, 6.45) is -0.241. The number of carbonyl (C=O) groups is 1. The van der Waals surface area contributed by atoms with Gasteiger partial charge in [-0.25, -0.2) is 8.78 Å². The highest BCUT2D eigenvalue weighted by molar-refractivity contribution is 5.84. The van der Waals surface area contributed by atoms with Gasteiger partial charge in [-0.2, -0.15) is 0 Å². The van der Waals surface area contributed by atoms with Crippen LogP contribution in [0.1, 0.15) is 26.3 Å². The lowest BCUT2D eigenvalue weighted by molar-refractivity contribution is -0.124. The first-order valence-electron chi connectivity index (χ1n) is 6.53. The highest BCUT2D eigenvalue weighted by Crippen LogP contribution is 2.33. The fraction of sp³-hybridized carbons (Fsp3) is 0.533. The van der Waals surface area contributed by atoms with E-state index < -0.39 is 11.6 Å². The fourth-order valence-corrected chi connectivity index (χ4v) is 2.81. The van der Waals surface area contributed by atoms with Gasteiger partial charge in [-0.05, 0) is 31.4 Å². The molecule has 0 N–H and O–H groups in total. The Morgan fingerprint density at radius 1 is 1.21 bits per heavy atom. The number of hydrogen-bond donors (Lipinski definition) is 0. The molecule has 1 heterocycles. The van der Waals surface area contributed by atoms with Crippen LogP contribution in [0.4, 0.5) is 8.78 Å².